The van der Waals surface area contributed by atoms with Crippen LogP contribution in [0.1, 0.15) is 49.0 Å². The van der Waals surface area contributed by atoms with Gasteiger partial charge in [-0.15, -0.1) is 0 Å². The number of hydrogen-bond acceptors (Lipinski definition) is 5. The van der Waals surface area contributed by atoms with Gasteiger partial charge in [-0.2, -0.15) is 4.31 Å². The van der Waals surface area contributed by atoms with Crippen LogP contribution in [0.2, 0.25) is 0 Å². The number of carbonyl (C=O) groups is 1. The summed E-state index contributed by atoms with van der Waals surface area (Å²) in [6.07, 6.45) is 1.00. The van der Waals surface area contributed by atoms with E-state index in [1.54, 1.807) is 35.2 Å². The molecule has 1 aliphatic heterocycles. The number of nitrogens with zero attached hydrogens (tertiary/aromatic N) is 2. The first-order valence-corrected chi connectivity index (χ1v) is 12.5. The normalized spacial score (nSPS) is 15.9. The first-order chi connectivity index (χ1) is 15.3. The fraction of sp³-hybridized carbons (Fsp3) is 0.458. The molecule has 1 fully saturated rings. The van der Waals surface area contributed by atoms with Crippen LogP contribution < -0.4 is 9.47 Å². The molecule has 0 bridgehead atoms. The van der Waals surface area contributed by atoms with Gasteiger partial charge in [0.15, 0.2) is 11.5 Å². The minimum atomic E-state index is -3.59. The zero-order valence-corrected chi connectivity index (χ0v) is 20.0. The molecule has 1 unspecified atom stereocenters. The van der Waals surface area contributed by atoms with Crippen molar-refractivity contribution in [2.45, 2.75) is 38.0 Å². The van der Waals surface area contributed by atoms with Crippen molar-refractivity contribution in [2.24, 2.45) is 0 Å². The lowest BCUT2D eigenvalue weighted by Crippen LogP contribution is -2.50. The van der Waals surface area contributed by atoms with Crippen molar-refractivity contribution in [1.82, 2.24) is 9.21 Å². The summed E-state index contributed by atoms with van der Waals surface area (Å²) < 4.78 is 38.4. The molecule has 2 aromatic rings. The molecule has 1 amide bonds. The topological polar surface area (TPSA) is 76.2 Å². The lowest BCUT2D eigenvalue weighted by Gasteiger charge is -2.34. The van der Waals surface area contributed by atoms with Crippen LogP contribution in [0.15, 0.2) is 47.4 Å². The van der Waals surface area contributed by atoms with Gasteiger partial charge in [0.05, 0.1) is 18.6 Å². The summed E-state index contributed by atoms with van der Waals surface area (Å²) in [5.41, 5.74) is 1.62. The summed E-state index contributed by atoms with van der Waals surface area (Å²) >= 11 is 0. The molecule has 1 atom stereocenters. The van der Waals surface area contributed by atoms with Gasteiger partial charge >= 0.3 is 0 Å². The van der Waals surface area contributed by atoms with Gasteiger partial charge in [0.2, 0.25) is 10.0 Å². The molecule has 0 aliphatic carbocycles. The molecule has 2 aromatic carbocycles. The average Bonchev–Trinajstić information content (AvgIpc) is 2.83. The molecular weight excluding hydrogens is 428 g/mol. The molecule has 0 radical (unpaired) electrons. The number of amides is 1. The van der Waals surface area contributed by atoms with Gasteiger partial charge in [0.1, 0.15) is 0 Å². The molecular formula is C24H32N2O5S. The van der Waals surface area contributed by atoms with E-state index in [0.29, 0.717) is 47.6 Å². The fourth-order valence-corrected chi connectivity index (χ4v) is 5.16. The Bertz CT molecular complexity index is 1030. The third kappa shape index (κ3) is 5.07. The minimum absolute atomic E-state index is 0.152. The van der Waals surface area contributed by atoms with E-state index in [0.717, 1.165) is 12.0 Å². The molecule has 32 heavy (non-hydrogen) atoms. The van der Waals surface area contributed by atoms with E-state index in [4.69, 9.17) is 9.47 Å². The Morgan fingerprint density at radius 3 is 2.22 bits per heavy atom. The molecule has 0 spiro atoms. The Hall–Kier alpha value is -2.58. The standard InChI is InChI=1S/C24H32N2O5S/c1-5-18(3)19-7-10-21(11-8-19)32(28,29)26-15-13-25(14-16-26)24(27)20-9-12-22(31-6-2)23(17-20)30-4/h7-12,17-18H,5-6,13-16H2,1-4H3. The van der Waals surface area contributed by atoms with Crippen molar-refractivity contribution in [3.63, 3.8) is 0 Å². The van der Waals surface area contributed by atoms with E-state index in [-0.39, 0.29) is 19.0 Å². The van der Waals surface area contributed by atoms with Crippen LogP contribution in [0.25, 0.3) is 0 Å². The number of benzene rings is 2. The van der Waals surface area contributed by atoms with E-state index in [9.17, 15) is 13.2 Å². The molecule has 1 heterocycles. The van der Waals surface area contributed by atoms with Gasteiger partial charge in [0.25, 0.3) is 5.91 Å². The monoisotopic (exact) mass is 460 g/mol. The molecule has 7 nitrogen and oxygen atoms in total. The van der Waals surface area contributed by atoms with Crippen LogP contribution in [0.3, 0.4) is 0 Å². The van der Waals surface area contributed by atoms with Gasteiger partial charge < -0.3 is 14.4 Å². The van der Waals surface area contributed by atoms with Crippen molar-refractivity contribution in [2.75, 3.05) is 39.9 Å². The van der Waals surface area contributed by atoms with Crippen LogP contribution in [-0.4, -0.2) is 63.4 Å². The zero-order chi connectivity index (χ0) is 23.3. The molecule has 8 heteroatoms. The third-order valence-corrected chi connectivity index (χ3v) is 7.85. The van der Waals surface area contributed by atoms with Crippen LogP contribution >= 0.6 is 0 Å². The summed E-state index contributed by atoms with van der Waals surface area (Å²) in [5.74, 6) is 1.32. The lowest BCUT2D eigenvalue weighted by molar-refractivity contribution is 0.0697. The van der Waals surface area contributed by atoms with Gasteiger partial charge in [-0.25, -0.2) is 8.42 Å². The molecule has 0 N–H and O–H groups in total. The molecule has 1 aliphatic rings. The SMILES string of the molecule is CCOc1ccc(C(=O)N2CCN(S(=O)(=O)c3ccc(C(C)CC)cc3)CC2)cc1OC. The summed E-state index contributed by atoms with van der Waals surface area (Å²) in [7, 11) is -2.06. The van der Waals surface area contributed by atoms with E-state index >= 15 is 0 Å². The molecule has 3 rings (SSSR count). The predicted octanol–water partition coefficient (Wildman–Crippen LogP) is 3.75. The summed E-state index contributed by atoms with van der Waals surface area (Å²) in [6, 6.07) is 12.2. The van der Waals surface area contributed by atoms with E-state index in [1.807, 2.05) is 19.1 Å². The highest BCUT2D eigenvalue weighted by Gasteiger charge is 2.30. The Balaban J connectivity index is 1.67. The highest BCUT2D eigenvalue weighted by atomic mass is 32.2. The molecule has 0 saturated carbocycles. The largest absolute Gasteiger partial charge is 0.493 e. The number of sulfonamides is 1. The maximum atomic E-state index is 13.1. The van der Waals surface area contributed by atoms with Crippen LogP contribution in [0.5, 0.6) is 11.5 Å². The molecule has 1 saturated heterocycles. The second-order valence-electron chi connectivity index (χ2n) is 7.87. The number of rotatable bonds is 8. The molecule has 174 valence electrons. The minimum Gasteiger partial charge on any atom is -0.493 e. The zero-order valence-electron chi connectivity index (χ0n) is 19.2. The van der Waals surface area contributed by atoms with Crippen LogP contribution in [0, 0.1) is 0 Å². The Morgan fingerprint density at radius 1 is 1.00 bits per heavy atom. The van der Waals surface area contributed by atoms with E-state index in [1.165, 1.54) is 11.4 Å². The smallest absolute Gasteiger partial charge is 0.254 e. The van der Waals surface area contributed by atoms with Gasteiger partial charge in [-0.1, -0.05) is 26.0 Å². The summed E-state index contributed by atoms with van der Waals surface area (Å²) in [4.78, 5) is 14.9. The van der Waals surface area contributed by atoms with Gasteiger partial charge in [0, 0.05) is 31.7 Å². The second-order valence-corrected chi connectivity index (χ2v) is 9.81. The maximum Gasteiger partial charge on any atom is 0.254 e. The number of piperazine rings is 1. The average molecular weight is 461 g/mol. The first kappa shape index (κ1) is 24.1. The number of ether oxygens (including phenoxy) is 2. The summed E-state index contributed by atoms with van der Waals surface area (Å²) in [5, 5.41) is 0. The second kappa shape index (κ2) is 10.4. The van der Waals surface area contributed by atoms with Gasteiger partial charge in [-0.3, -0.25) is 4.79 Å². The van der Waals surface area contributed by atoms with Crippen molar-refractivity contribution < 1.29 is 22.7 Å². The maximum absolute atomic E-state index is 13.1. The fourth-order valence-electron chi connectivity index (χ4n) is 3.74. The van der Waals surface area contributed by atoms with Crippen molar-refractivity contribution in [3.8, 4) is 11.5 Å². The Labute approximate surface area is 191 Å². The van der Waals surface area contributed by atoms with E-state index < -0.39 is 10.0 Å². The Kier molecular flexibility index (Phi) is 7.79. The number of methoxy groups -OCH3 is 1. The quantitative estimate of drug-likeness (QED) is 0.600. The third-order valence-electron chi connectivity index (χ3n) is 5.94. The predicted molar refractivity (Wildman–Crippen MR) is 124 cm³/mol. The highest BCUT2D eigenvalue weighted by Crippen LogP contribution is 2.29. The van der Waals surface area contributed by atoms with Crippen LogP contribution in [0.4, 0.5) is 0 Å². The van der Waals surface area contributed by atoms with Crippen LogP contribution in [-0.2, 0) is 10.0 Å². The number of hydrogen-bond donors (Lipinski definition) is 0. The Morgan fingerprint density at radius 2 is 1.66 bits per heavy atom. The van der Waals surface area contributed by atoms with Gasteiger partial charge in [-0.05, 0) is 55.2 Å². The van der Waals surface area contributed by atoms with Crippen molar-refractivity contribution in [1.29, 1.82) is 0 Å². The van der Waals surface area contributed by atoms with Crippen molar-refractivity contribution >= 4 is 15.9 Å². The number of carbonyl (C=O) groups excluding carboxylic acids is 1. The highest BCUT2D eigenvalue weighted by molar-refractivity contribution is 7.89. The van der Waals surface area contributed by atoms with E-state index in [2.05, 4.69) is 13.8 Å². The van der Waals surface area contributed by atoms with Crippen molar-refractivity contribution in [3.05, 3.63) is 53.6 Å². The first-order valence-electron chi connectivity index (χ1n) is 11.0. The lowest BCUT2D eigenvalue weighted by atomic mass is 9.99. The molecule has 0 aromatic heterocycles. The summed E-state index contributed by atoms with van der Waals surface area (Å²) in [6.45, 7) is 7.80.